The van der Waals surface area contributed by atoms with Gasteiger partial charge in [0.2, 0.25) is 0 Å². The molecule has 0 aromatic heterocycles. The van der Waals surface area contributed by atoms with E-state index in [1.807, 2.05) is 6.07 Å². The normalized spacial score (nSPS) is 9.71. The molecule has 0 bridgehead atoms. The highest BCUT2D eigenvalue weighted by molar-refractivity contribution is 5.75. The molecule has 1 aromatic rings. The molecule has 1 heteroatoms. The minimum absolute atomic E-state index is 0.318. The zero-order valence-corrected chi connectivity index (χ0v) is 11.7. The number of Topliss-reactive ketones (excluding diaryl/α,β-unsaturated/α-hetero) is 1. The first-order valence-corrected chi connectivity index (χ1v) is 6.62. The second kappa shape index (κ2) is 10.1. The Kier molecular flexibility index (Phi) is 9.41. The monoisotopic (exact) mass is 234 g/mol. The lowest BCUT2D eigenvalue weighted by atomic mass is 10.0. The van der Waals surface area contributed by atoms with Gasteiger partial charge in [-0.2, -0.15) is 0 Å². The summed E-state index contributed by atoms with van der Waals surface area (Å²) in [5.41, 5.74) is 1.41. The fourth-order valence-electron chi connectivity index (χ4n) is 1.46. The molecule has 0 saturated heterocycles. The Morgan fingerprint density at radius 3 is 2.06 bits per heavy atom. The van der Waals surface area contributed by atoms with Crippen LogP contribution in [0.2, 0.25) is 0 Å². The summed E-state index contributed by atoms with van der Waals surface area (Å²) in [5, 5.41) is 0. The van der Waals surface area contributed by atoms with E-state index in [9.17, 15) is 4.79 Å². The molecule has 0 aliphatic rings. The van der Waals surface area contributed by atoms with E-state index in [-0.39, 0.29) is 0 Å². The molecule has 0 radical (unpaired) electrons. The van der Waals surface area contributed by atoms with Crippen LogP contribution in [-0.2, 0) is 4.79 Å². The summed E-state index contributed by atoms with van der Waals surface area (Å²) in [7, 11) is 0. The SMILES string of the molecule is CC(C)c1ccccc1.CCCCCC(C)=O. The fraction of sp³-hybridized carbons (Fsp3) is 0.562. The predicted molar refractivity (Wildman–Crippen MR) is 75.4 cm³/mol. The maximum absolute atomic E-state index is 10.3. The molecule has 0 fully saturated rings. The van der Waals surface area contributed by atoms with Crippen LogP contribution in [-0.4, -0.2) is 5.78 Å². The van der Waals surface area contributed by atoms with Crippen molar-refractivity contribution in [3.05, 3.63) is 35.9 Å². The molecule has 17 heavy (non-hydrogen) atoms. The minimum atomic E-state index is 0.318. The maximum Gasteiger partial charge on any atom is 0.129 e. The van der Waals surface area contributed by atoms with Crippen molar-refractivity contribution in [3.63, 3.8) is 0 Å². The molecule has 0 heterocycles. The Hall–Kier alpha value is -1.11. The molecule has 0 aliphatic heterocycles. The van der Waals surface area contributed by atoms with Crippen molar-refractivity contribution in [1.82, 2.24) is 0 Å². The lowest BCUT2D eigenvalue weighted by Crippen LogP contribution is -1.87. The van der Waals surface area contributed by atoms with E-state index >= 15 is 0 Å². The van der Waals surface area contributed by atoms with Crippen LogP contribution in [0, 0.1) is 0 Å². The molecular weight excluding hydrogens is 208 g/mol. The van der Waals surface area contributed by atoms with E-state index in [1.165, 1.54) is 18.4 Å². The Labute approximate surface area is 106 Å². The van der Waals surface area contributed by atoms with Crippen molar-refractivity contribution >= 4 is 5.78 Å². The third-order valence-corrected chi connectivity index (χ3v) is 2.60. The molecule has 0 N–H and O–H groups in total. The van der Waals surface area contributed by atoms with E-state index < -0.39 is 0 Å². The Bertz CT molecular complexity index is 288. The number of carbonyl (C=O) groups is 1. The number of rotatable bonds is 5. The van der Waals surface area contributed by atoms with Crippen molar-refractivity contribution in [3.8, 4) is 0 Å². The van der Waals surface area contributed by atoms with Crippen LogP contribution in [0.3, 0.4) is 0 Å². The average Bonchev–Trinajstić information content (AvgIpc) is 2.31. The van der Waals surface area contributed by atoms with Crippen LogP contribution in [0.1, 0.15) is 64.9 Å². The summed E-state index contributed by atoms with van der Waals surface area (Å²) < 4.78 is 0. The average molecular weight is 234 g/mol. The van der Waals surface area contributed by atoms with Crippen molar-refractivity contribution in [1.29, 1.82) is 0 Å². The number of unbranched alkanes of at least 4 members (excludes halogenated alkanes) is 2. The zero-order chi connectivity index (χ0) is 13.1. The smallest absolute Gasteiger partial charge is 0.129 e. The van der Waals surface area contributed by atoms with Gasteiger partial charge in [0.1, 0.15) is 5.78 Å². The van der Waals surface area contributed by atoms with Gasteiger partial charge in [0, 0.05) is 6.42 Å². The van der Waals surface area contributed by atoms with E-state index in [0.717, 1.165) is 12.8 Å². The summed E-state index contributed by atoms with van der Waals surface area (Å²) in [6.45, 7) is 8.19. The zero-order valence-electron chi connectivity index (χ0n) is 11.7. The highest BCUT2D eigenvalue weighted by atomic mass is 16.1. The summed E-state index contributed by atoms with van der Waals surface area (Å²) in [5.74, 6) is 0.977. The largest absolute Gasteiger partial charge is 0.300 e. The third kappa shape index (κ3) is 9.80. The number of hydrogen-bond acceptors (Lipinski definition) is 1. The Balaban J connectivity index is 0.000000304. The van der Waals surface area contributed by atoms with Gasteiger partial charge in [-0.25, -0.2) is 0 Å². The molecule has 0 amide bonds. The summed E-state index contributed by atoms with van der Waals surface area (Å²) in [4.78, 5) is 10.3. The third-order valence-electron chi connectivity index (χ3n) is 2.60. The molecule has 0 unspecified atom stereocenters. The van der Waals surface area contributed by atoms with E-state index in [4.69, 9.17) is 0 Å². The highest BCUT2D eigenvalue weighted by Gasteiger charge is 1.93. The van der Waals surface area contributed by atoms with Crippen molar-refractivity contribution in [2.24, 2.45) is 0 Å². The first kappa shape index (κ1) is 15.9. The summed E-state index contributed by atoms with van der Waals surface area (Å²) in [6, 6.07) is 10.5. The van der Waals surface area contributed by atoms with Gasteiger partial charge in [-0.3, -0.25) is 0 Å². The van der Waals surface area contributed by atoms with Gasteiger partial charge in [-0.1, -0.05) is 63.9 Å². The second-order valence-electron chi connectivity index (χ2n) is 4.72. The fourth-order valence-corrected chi connectivity index (χ4v) is 1.46. The lowest BCUT2D eigenvalue weighted by Gasteiger charge is -2.01. The van der Waals surface area contributed by atoms with E-state index in [2.05, 4.69) is 45.0 Å². The first-order chi connectivity index (χ1) is 8.07. The predicted octanol–water partition coefficient (Wildman–Crippen LogP) is 4.97. The first-order valence-electron chi connectivity index (χ1n) is 6.62. The number of hydrogen-bond donors (Lipinski definition) is 0. The minimum Gasteiger partial charge on any atom is -0.300 e. The quantitative estimate of drug-likeness (QED) is 0.658. The van der Waals surface area contributed by atoms with Crippen molar-refractivity contribution in [2.75, 3.05) is 0 Å². The number of benzene rings is 1. The van der Waals surface area contributed by atoms with Crippen LogP contribution in [0.25, 0.3) is 0 Å². The molecular formula is C16H26O. The van der Waals surface area contributed by atoms with Gasteiger partial charge in [0.25, 0.3) is 0 Å². The molecule has 0 aliphatic carbocycles. The van der Waals surface area contributed by atoms with Crippen LogP contribution in [0.15, 0.2) is 30.3 Å². The maximum atomic E-state index is 10.3. The summed E-state index contributed by atoms with van der Waals surface area (Å²) >= 11 is 0. The molecule has 1 rings (SSSR count). The van der Waals surface area contributed by atoms with Crippen LogP contribution >= 0.6 is 0 Å². The summed E-state index contributed by atoms with van der Waals surface area (Å²) in [6.07, 6.45) is 4.24. The lowest BCUT2D eigenvalue weighted by molar-refractivity contribution is -0.117. The van der Waals surface area contributed by atoms with Gasteiger partial charge in [-0.15, -0.1) is 0 Å². The topological polar surface area (TPSA) is 17.1 Å². The molecule has 0 saturated carbocycles. The molecule has 1 nitrogen and oxygen atoms in total. The van der Waals surface area contributed by atoms with E-state index in [1.54, 1.807) is 6.92 Å². The van der Waals surface area contributed by atoms with E-state index in [0.29, 0.717) is 11.7 Å². The highest BCUT2D eigenvalue weighted by Crippen LogP contribution is 2.11. The standard InChI is InChI=1S/C9H12.C7H14O/c1-8(2)9-6-4-3-5-7-9;1-3-4-5-6-7(2)8/h3-8H,1-2H3;3-6H2,1-2H3. The van der Waals surface area contributed by atoms with Crippen LogP contribution < -0.4 is 0 Å². The Morgan fingerprint density at radius 1 is 1.12 bits per heavy atom. The molecule has 1 aromatic carbocycles. The van der Waals surface area contributed by atoms with Gasteiger partial charge >= 0.3 is 0 Å². The van der Waals surface area contributed by atoms with Crippen LogP contribution in [0.5, 0.6) is 0 Å². The van der Waals surface area contributed by atoms with Gasteiger partial charge in [0.05, 0.1) is 0 Å². The van der Waals surface area contributed by atoms with Crippen LogP contribution in [0.4, 0.5) is 0 Å². The van der Waals surface area contributed by atoms with Gasteiger partial charge < -0.3 is 4.79 Å². The Morgan fingerprint density at radius 2 is 1.71 bits per heavy atom. The van der Waals surface area contributed by atoms with Gasteiger partial charge in [0.15, 0.2) is 0 Å². The number of carbonyl (C=O) groups excluding carboxylic acids is 1. The van der Waals surface area contributed by atoms with Gasteiger partial charge in [-0.05, 0) is 24.8 Å². The molecule has 96 valence electrons. The molecule has 0 spiro atoms. The molecule has 0 atom stereocenters. The number of ketones is 1. The van der Waals surface area contributed by atoms with Crippen molar-refractivity contribution < 1.29 is 4.79 Å². The second-order valence-corrected chi connectivity index (χ2v) is 4.72. The van der Waals surface area contributed by atoms with Crippen molar-refractivity contribution in [2.45, 2.75) is 59.3 Å².